The van der Waals surface area contributed by atoms with Gasteiger partial charge in [0.2, 0.25) is 0 Å². The minimum atomic E-state index is -0.371. The average molecular weight is 249 g/mol. The van der Waals surface area contributed by atoms with Crippen LogP contribution in [0.3, 0.4) is 0 Å². The number of rotatable bonds is 2. The standard InChI is InChI=1S/C19H16/c1-15-12-18(16-8-4-2-5-9-16)14-19(13-15)17-10-6-3-7-11-17/h2-14H,1H3/i2D,4D,5D,8D,9D. The quantitative estimate of drug-likeness (QED) is 0.576. The normalized spacial score (nSPS) is 14.1. The second-order valence-electron chi connectivity index (χ2n) is 4.45. The van der Waals surface area contributed by atoms with Gasteiger partial charge in [-0.2, -0.15) is 0 Å². The van der Waals surface area contributed by atoms with Crippen LogP contribution in [-0.2, 0) is 0 Å². The lowest BCUT2D eigenvalue weighted by atomic mass is 9.97. The van der Waals surface area contributed by atoms with E-state index in [9.17, 15) is 0 Å². The molecule has 19 heavy (non-hydrogen) atoms. The largest absolute Gasteiger partial charge is 0.0629 e. The number of hydrogen-bond donors (Lipinski definition) is 0. The van der Waals surface area contributed by atoms with E-state index in [1.165, 1.54) is 0 Å². The lowest BCUT2D eigenvalue weighted by Gasteiger charge is -2.08. The van der Waals surface area contributed by atoms with Crippen molar-refractivity contribution in [1.29, 1.82) is 0 Å². The first-order valence-electron chi connectivity index (χ1n) is 8.64. The molecule has 0 heteroatoms. The summed E-state index contributed by atoms with van der Waals surface area (Å²) in [6.07, 6.45) is 0. The van der Waals surface area contributed by atoms with Gasteiger partial charge >= 0.3 is 0 Å². The molecule has 0 radical (unpaired) electrons. The number of benzene rings is 3. The smallest absolute Gasteiger partial charge is 0.0622 e. The van der Waals surface area contributed by atoms with Crippen molar-refractivity contribution >= 4 is 0 Å². The molecule has 0 aliphatic carbocycles. The third-order valence-electron chi connectivity index (χ3n) is 2.97. The molecule has 0 N–H and O–H groups in total. The van der Waals surface area contributed by atoms with Crippen molar-refractivity contribution in [2.24, 2.45) is 0 Å². The van der Waals surface area contributed by atoms with Gasteiger partial charge in [0.1, 0.15) is 0 Å². The van der Waals surface area contributed by atoms with E-state index < -0.39 is 0 Å². The SMILES string of the molecule is [2H]c1c([2H])c([2H])c(-c2cc(C)cc(-c3ccccc3)c2)c([2H])c1[2H]. The highest BCUT2D eigenvalue weighted by Gasteiger charge is 2.02. The Bertz CT molecular complexity index is 888. The average Bonchev–Trinajstić information content (AvgIpc) is 2.59. The van der Waals surface area contributed by atoms with E-state index in [-0.39, 0.29) is 35.8 Å². The van der Waals surface area contributed by atoms with Gasteiger partial charge in [-0.1, -0.05) is 72.7 Å². The van der Waals surface area contributed by atoms with Gasteiger partial charge in [-0.25, -0.2) is 0 Å². The van der Waals surface area contributed by atoms with Crippen LogP contribution in [0.15, 0.2) is 78.7 Å². The minimum absolute atomic E-state index is 0.175. The molecule has 0 aliphatic heterocycles. The van der Waals surface area contributed by atoms with Crippen LogP contribution in [0, 0.1) is 6.92 Å². The molecular formula is C19H16. The molecule has 0 fully saturated rings. The third kappa shape index (κ3) is 2.58. The Morgan fingerprint density at radius 3 is 2.00 bits per heavy atom. The van der Waals surface area contributed by atoms with Crippen LogP contribution >= 0.6 is 0 Å². The molecular weight excluding hydrogens is 228 g/mol. The zero-order valence-corrected chi connectivity index (χ0v) is 10.6. The Morgan fingerprint density at radius 1 is 0.684 bits per heavy atom. The summed E-state index contributed by atoms with van der Waals surface area (Å²) in [5.74, 6) is 0. The minimum Gasteiger partial charge on any atom is -0.0622 e. The maximum atomic E-state index is 8.15. The van der Waals surface area contributed by atoms with Gasteiger partial charge in [0.25, 0.3) is 0 Å². The van der Waals surface area contributed by atoms with Crippen LogP contribution in [-0.4, -0.2) is 0 Å². The van der Waals surface area contributed by atoms with Crippen molar-refractivity contribution in [3.05, 3.63) is 84.3 Å². The predicted octanol–water partition coefficient (Wildman–Crippen LogP) is 5.33. The van der Waals surface area contributed by atoms with Crippen LogP contribution in [0.25, 0.3) is 22.3 Å². The highest BCUT2D eigenvalue weighted by molar-refractivity contribution is 5.74. The first-order valence-corrected chi connectivity index (χ1v) is 6.14. The Hall–Kier alpha value is -2.34. The van der Waals surface area contributed by atoms with Crippen molar-refractivity contribution in [1.82, 2.24) is 0 Å². The molecule has 92 valence electrons. The highest BCUT2D eigenvalue weighted by atomic mass is 14.1. The summed E-state index contributed by atoms with van der Waals surface area (Å²) >= 11 is 0. The van der Waals surface area contributed by atoms with Gasteiger partial charge in [-0.15, -0.1) is 0 Å². The van der Waals surface area contributed by atoms with Gasteiger partial charge in [0.15, 0.2) is 0 Å². The van der Waals surface area contributed by atoms with E-state index in [4.69, 9.17) is 6.85 Å². The van der Waals surface area contributed by atoms with Crippen LogP contribution in [0.2, 0.25) is 0 Å². The summed E-state index contributed by atoms with van der Waals surface area (Å²) in [6.45, 7) is 1.94. The monoisotopic (exact) mass is 249 g/mol. The summed E-state index contributed by atoms with van der Waals surface area (Å²) in [5.41, 5.74) is 3.82. The molecule has 3 rings (SSSR count). The van der Waals surface area contributed by atoms with E-state index in [2.05, 4.69) is 0 Å². The van der Waals surface area contributed by atoms with Crippen LogP contribution in [0.1, 0.15) is 12.4 Å². The maximum absolute atomic E-state index is 8.15. The molecule has 0 spiro atoms. The molecule has 0 heterocycles. The first kappa shape index (κ1) is 7.30. The van der Waals surface area contributed by atoms with Crippen LogP contribution < -0.4 is 0 Å². The lowest BCUT2D eigenvalue weighted by Crippen LogP contribution is -1.84. The molecule has 0 saturated carbocycles. The van der Waals surface area contributed by atoms with Gasteiger partial charge < -0.3 is 0 Å². The first-order chi connectivity index (χ1) is 11.4. The molecule has 0 nitrogen and oxygen atoms in total. The topological polar surface area (TPSA) is 0 Å². The highest BCUT2D eigenvalue weighted by Crippen LogP contribution is 2.27. The van der Waals surface area contributed by atoms with E-state index in [0.29, 0.717) is 5.56 Å². The molecule has 3 aromatic rings. The van der Waals surface area contributed by atoms with E-state index in [1.54, 1.807) is 0 Å². The third-order valence-corrected chi connectivity index (χ3v) is 2.97. The maximum Gasteiger partial charge on any atom is 0.0629 e. The van der Waals surface area contributed by atoms with Gasteiger partial charge in [-0.3, -0.25) is 0 Å². The number of aryl methyl sites for hydroxylation is 1. The summed E-state index contributed by atoms with van der Waals surface area (Å²) < 4.78 is 39.7. The second kappa shape index (κ2) is 5.11. The zero-order valence-electron chi connectivity index (χ0n) is 15.6. The molecule has 0 aromatic heterocycles. The van der Waals surface area contributed by atoms with Crippen molar-refractivity contribution in [3.8, 4) is 22.3 Å². The van der Waals surface area contributed by atoms with E-state index in [1.807, 2.05) is 55.5 Å². The molecule has 0 bridgehead atoms. The molecule has 0 atom stereocenters. The summed E-state index contributed by atoms with van der Waals surface area (Å²) in [7, 11) is 0. The molecule has 0 aliphatic rings. The molecule has 3 aromatic carbocycles. The van der Waals surface area contributed by atoms with Crippen molar-refractivity contribution in [3.63, 3.8) is 0 Å². The Labute approximate surface area is 121 Å². The van der Waals surface area contributed by atoms with Gasteiger partial charge in [0.05, 0.1) is 6.85 Å². The van der Waals surface area contributed by atoms with Crippen LogP contribution in [0.5, 0.6) is 0 Å². The van der Waals surface area contributed by atoms with E-state index in [0.717, 1.165) is 16.7 Å². The Kier molecular flexibility index (Phi) is 1.96. The molecule has 0 unspecified atom stereocenters. The van der Waals surface area contributed by atoms with Crippen LogP contribution in [0.4, 0.5) is 0 Å². The van der Waals surface area contributed by atoms with E-state index >= 15 is 0 Å². The fourth-order valence-corrected chi connectivity index (χ4v) is 2.12. The lowest BCUT2D eigenvalue weighted by molar-refractivity contribution is 1.46. The fraction of sp³-hybridized carbons (Fsp3) is 0.0526. The summed E-state index contributed by atoms with van der Waals surface area (Å²) in [6, 6.07) is 14.2. The molecule has 0 saturated heterocycles. The predicted molar refractivity (Wildman–Crippen MR) is 82.1 cm³/mol. The van der Waals surface area contributed by atoms with Crippen molar-refractivity contribution in [2.45, 2.75) is 6.92 Å². The number of hydrogen-bond acceptors (Lipinski definition) is 0. The second-order valence-corrected chi connectivity index (χ2v) is 4.45. The fourth-order valence-electron chi connectivity index (χ4n) is 2.12. The van der Waals surface area contributed by atoms with Crippen molar-refractivity contribution in [2.75, 3.05) is 0 Å². The summed E-state index contributed by atoms with van der Waals surface area (Å²) in [5, 5.41) is 0. The van der Waals surface area contributed by atoms with Crippen molar-refractivity contribution < 1.29 is 6.85 Å². The zero-order chi connectivity index (χ0) is 17.4. The van der Waals surface area contributed by atoms with Gasteiger partial charge in [-0.05, 0) is 40.8 Å². The van der Waals surface area contributed by atoms with Gasteiger partial charge in [0, 0.05) is 0 Å². The molecule has 0 amide bonds. The summed E-state index contributed by atoms with van der Waals surface area (Å²) in [4.78, 5) is 0. The Morgan fingerprint density at radius 2 is 1.32 bits per heavy atom. The Balaban J connectivity index is 2.27.